The number of carbonyl (C=O) groups excluding carboxylic acids is 1. The first kappa shape index (κ1) is 14.4. The number of hydrogen-bond acceptors (Lipinski definition) is 2. The minimum absolute atomic E-state index is 0.160. The summed E-state index contributed by atoms with van der Waals surface area (Å²) in [6, 6.07) is 5.82. The highest BCUT2D eigenvalue weighted by Gasteiger charge is 2.19. The topological polar surface area (TPSA) is 26.3 Å². The fourth-order valence-electron chi connectivity index (χ4n) is 2.69. The lowest BCUT2D eigenvalue weighted by molar-refractivity contribution is -0.117. The Bertz CT molecular complexity index is 436. The van der Waals surface area contributed by atoms with Crippen molar-refractivity contribution in [3.63, 3.8) is 0 Å². The van der Waals surface area contributed by atoms with E-state index in [0.717, 1.165) is 10.8 Å². The first-order valence-electron chi connectivity index (χ1n) is 7.08. The Labute approximate surface area is 120 Å². The maximum Gasteiger partial charge on any atom is 0.133 e. The van der Waals surface area contributed by atoms with Gasteiger partial charge in [0.25, 0.3) is 0 Å². The van der Waals surface area contributed by atoms with Gasteiger partial charge in [0, 0.05) is 11.4 Å². The first-order chi connectivity index (χ1) is 9.16. The summed E-state index contributed by atoms with van der Waals surface area (Å²) >= 11 is 6.11. The fourth-order valence-corrected chi connectivity index (χ4v) is 2.87. The molecule has 1 saturated carbocycles. The Balaban J connectivity index is 2.10. The third-order valence-electron chi connectivity index (χ3n) is 3.73. The van der Waals surface area contributed by atoms with E-state index in [1.165, 1.54) is 37.7 Å². The zero-order chi connectivity index (χ0) is 13.7. The average Bonchev–Trinajstić information content (AvgIpc) is 2.41. The van der Waals surface area contributed by atoms with Gasteiger partial charge in [-0.15, -0.1) is 0 Å². The maximum absolute atomic E-state index is 11.0. The van der Waals surface area contributed by atoms with E-state index in [2.05, 4.69) is 0 Å². The lowest BCUT2D eigenvalue weighted by atomic mass is 9.84. The normalized spacial score (nSPS) is 16.3. The van der Waals surface area contributed by atoms with Crippen LogP contribution in [0.3, 0.4) is 0 Å². The van der Waals surface area contributed by atoms with Crippen LogP contribution in [0.25, 0.3) is 0 Å². The molecule has 1 aromatic rings. The number of Topliss-reactive ketones (excluding diaryl/α,β-unsaturated/α-hetero) is 1. The van der Waals surface area contributed by atoms with E-state index in [1.807, 2.05) is 18.2 Å². The van der Waals surface area contributed by atoms with Crippen LogP contribution in [0.15, 0.2) is 18.2 Å². The highest BCUT2D eigenvalue weighted by Crippen LogP contribution is 2.38. The van der Waals surface area contributed by atoms with Crippen molar-refractivity contribution < 1.29 is 9.53 Å². The summed E-state index contributed by atoms with van der Waals surface area (Å²) in [4.78, 5) is 11.0. The molecule has 0 saturated heterocycles. The number of hydrogen-bond donors (Lipinski definition) is 0. The van der Waals surface area contributed by atoms with Gasteiger partial charge in [0.05, 0.1) is 6.61 Å². The Morgan fingerprint density at radius 2 is 2.05 bits per heavy atom. The molecule has 1 aliphatic rings. The molecule has 0 N–H and O–H groups in total. The number of benzene rings is 1. The SMILES string of the molecule is CC(=O)CCOc1ccc(Cl)cc1C1CCCCC1. The molecule has 2 rings (SSSR count). The average molecular weight is 281 g/mol. The Morgan fingerprint density at radius 1 is 1.32 bits per heavy atom. The van der Waals surface area contributed by atoms with Crippen molar-refractivity contribution in [2.45, 2.75) is 51.4 Å². The van der Waals surface area contributed by atoms with Gasteiger partial charge in [-0.1, -0.05) is 30.9 Å². The van der Waals surface area contributed by atoms with Crippen LogP contribution in [0.4, 0.5) is 0 Å². The molecule has 0 heterocycles. The van der Waals surface area contributed by atoms with Crippen LogP contribution in [-0.4, -0.2) is 12.4 Å². The van der Waals surface area contributed by atoms with Crippen molar-refractivity contribution in [1.29, 1.82) is 0 Å². The maximum atomic E-state index is 11.0. The lowest BCUT2D eigenvalue weighted by Gasteiger charge is -2.24. The van der Waals surface area contributed by atoms with Crippen LogP contribution in [0.2, 0.25) is 5.02 Å². The van der Waals surface area contributed by atoms with Crippen molar-refractivity contribution >= 4 is 17.4 Å². The number of rotatable bonds is 5. The zero-order valence-corrected chi connectivity index (χ0v) is 12.2. The van der Waals surface area contributed by atoms with Crippen LogP contribution in [0.5, 0.6) is 5.75 Å². The van der Waals surface area contributed by atoms with E-state index in [0.29, 0.717) is 18.9 Å². The molecule has 3 heteroatoms. The minimum Gasteiger partial charge on any atom is -0.493 e. The molecule has 1 aromatic carbocycles. The van der Waals surface area contributed by atoms with E-state index in [1.54, 1.807) is 6.92 Å². The lowest BCUT2D eigenvalue weighted by Crippen LogP contribution is -2.09. The summed E-state index contributed by atoms with van der Waals surface area (Å²) in [5.74, 6) is 1.62. The summed E-state index contributed by atoms with van der Waals surface area (Å²) in [5.41, 5.74) is 1.22. The van der Waals surface area contributed by atoms with E-state index < -0.39 is 0 Å². The van der Waals surface area contributed by atoms with Gasteiger partial charge >= 0.3 is 0 Å². The summed E-state index contributed by atoms with van der Waals surface area (Å²) in [7, 11) is 0. The van der Waals surface area contributed by atoms with Gasteiger partial charge in [0.1, 0.15) is 11.5 Å². The minimum atomic E-state index is 0.160. The van der Waals surface area contributed by atoms with Crippen LogP contribution in [-0.2, 0) is 4.79 Å². The van der Waals surface area contributed by atoms with Gasteiger partial charge in [-0.05, 0) is 49.4 Å². The van der Waals surface area contributed by atoms with Gasteiger partial charge in [0.15, 0.2) is 0 Å². The van der Waals surface area contributed by atoms with Gasteiger partial charge in [-0.3, -0.25) is 4.79 Å². The highest BCUT2D eigenvalue weighted by atomic mass is 35.5. The predicted molar refractivity (Wildman–Crippen MR) is 78.1 cm³/mol. The van der Waals surface area contributed by atoms with Gasteiger partial charge in [-0.25, -0.2) is 0 Å². The predicted octanol–water partition coefficient (Wildman–Crippen LogP) is 4.75. The number of carbonyl (C=O) groups is 1. The molecule has 0 unspecified atom stereocenters. The molecular weight excluding hydrogens is 260 g/mol. The van der Waals surface area contributed by atoms with Crippen molar-refractivity contribution in [1.82, 2.24) is 0 Å². The third kappa shape index (κ3) is 4.24. The number of halogens is 1. The van der Waals surface area contributed by atoms with E-state index in [-0.39, 0.29) is 5.78 Å². The van der Waals surface area contributed by atoms with Gasteiger partial charge in [-0.2, -0.15) is 0 Å². The van der Waals surface area contributed by atoms with Crippen LogP contribution >= 0.6 is 11.6 Å². The molecule has 2 nitrogen and oxygen atoms in total. The van der Waals surface area contributed by atoms with Gasteiger partial charge < -0.3 is 4.74 Å². The van der Waals surface area contributed by atoms with E-state index >= 15 is 0 Å². The Hall–Kier alpha value is -1.02. The summed E-state index contributed by atoms with van der Waals surface area (Å²) in [6.45, 7) is 2.05. The van der Waals surface area contributed by atoms with Crippen molar-refractivity contribution in [2.75, 3.05) is 6.61 Å². The number of ketones is 1. The van der Waals surface area contributed by atoms with Crippen molar-refractivity contribution in [3.8, 4) is 5.75 Å². The van der Waals surface area contributed by atoms with Crippen molar-refractivity contribution in [3.05, 3.63) is 28.8 Å². The molecule has 0 spiro atoms. The number of ether oxygens (including phenoxy) is 1. The second kappa shape index (κ2) is 6.95. The monoisotopic (exact) mass is 280 g/mol. The largest absolute Gasteiger partial charge is 0.493 e. The summed E-state index contributed by atoms with van der Waals surface area (Å²) < 4.78 is 5.78. The summed E-state index contributed by atoms with van der Waals surface area (Å²) in [6.07, 6.45) is 6.78. The Morgan fingerprint density at radius 3 is 2.74 bits per heavy atom. The molecule has 104 valence electrons. The van der Waals surface area contributed by atoms with Gasteiger partial charge in [0.2, 0.25) is 0 Å². The van der Waals surface area contributed by atoms with Crippen LogP contribution in [0.1, 0.15) is 56.9 Å². The zero-order valence-electron chi connectivity index (χ0n) is 11.5. The molecule has 0 aliphatic heterocycles. The fraction of sp³-hybridized carbons (Fsp3) is 0.562. The molecule has 1 fully saturated rings. The molecule has 0 bridgehead atoms. The standard InChI is InChI=1S/C16H21ClO2/c1-12(18)9-10-19-16-8-7-14(17)11-15(16)13-5-3-2-4-6-13/h7-8,11,13H,2-6,9-10H2,1H3. The molecule has 19 heavy (non-hydrogen) atoms. The van der Waals surface area contributed by atoms with Crippen LogP contribution < -0.4 is 4.74 Å². The molecule has 0 radical (unpaired) electrons. The van der Waals surface area contributed by atoms with E-state index in [4.69, 9.17) is 16.3 Å². The molecular formula is C16H21ClO2. The van der Waals surface area contributed by atoms with Crippen LogP contribution in [0, 0.1) is 0 Å². The second-order valence-electron chi connectivity index (χ2n) is 5.32. The Kier molecular flexibility index (Phi) is 5.26. The molecule has 0 amide bonds. The first-order valence-corrected chi connectivity index (χ1v) is 7.46. The molecule has 0 aromatic heterocycles. The third-order valence-corrected chi connectivity index (χ3v) is 3.96. The highest BCUT2D eigenvalue weighted by molar-refractivity contribution is 6.30. The second-order valence-corrected chi connectivity index (χ2v) is 5.75. The summed E-state index contributed by atoms with van der Waals surface area (Å²) in [5, 5.41) is 0.763. The quantitative estimate of drug-likeness (QED) is 0.778. The smallest absolute Gasteiger partial charge is 0.133 e. The van der Waals surface area contributed by atoms with E-state index in [9.17, 15) is 4.79 Å². The molecule has 0 atom stereocenters. The van der Waals surface area contributed by atoms with Crippen molar-refractivity contribution in [2.24, 2.45) is 0 Å². The molecule has 1 aliphatic carbocycles.